The van der Waals surface area contributed by atoms with Crippen LogP contribution >= 0.6 is 0 Å². The maximum absolute atomic E-state index is 13.0. The van der Waals surface area contributed by atoms with Crippen molar-refractivity contribution in [3.8, 4) is 0 Å². The summed E-state index contributed by atoms with van der Waals surface area (Å²) in [7, 11) is 0. The molecule has 0 radical (unpaired) electrons. The molecule has 122 valence electrons. The molecule has 0 amide bonds. The van der Waals surface area contributed by atoms with Crippen molar-refractivity contribution in [2.24, 2.45) is 5.92 Å². The Kier molecular flexibility index (Phi) is 3.04. The van der Waals surface area contributed by atoms with E-state index in [1.165, 1.54) is 39.5 Å². The van der Waals surface area contributed by atoms with Crippen molar-refractivity contribution in [1.82, 2.24) is 0 Å². The van der Waals surface area contributed by atoms with E-state index in [-0.39, 0.29) is 5.41 Å². The Morgan fingerprint density at radius 2 is 2.04 bits per heavy atom. The van der Waals surface area contributed by atoms with Crippen LogP contribution < -0.4 is 0 Å². The molecule has 2 unspecified atom stereocenters. The maximum Gasteiger partial charge on any atom is 0.144 e. The molecule has 2 bridgehead atoms. The van der Waals surface area contributed by atoms with Crippen molar-refractivity contribution >= 4 is 16.6 Å². The van der Waals surface area contributed by atoms with E-state index in [0.29, 0.717) is 11.7 Å². The van der Waals surface area contributed by atoms with E-state index in [0.717, 1.165) is 38.5 Å². The third kappa shape index (κ3) is 1.84. The lowest BCUT2D eigenvalue weighted by atomic mass is 9.61. The van der Waals surface area contributed by atoms with Gasteiger partial charge in [-0.05, 0) is 71.6 Å². The summed E-state index contributed by atoms with van der Waals surface area (Å²) in [4.78, 5) is 13.0. The van der Waals surface area contributed by atoms with E-state index in [2.05, 4.69) is 43.3 Å². The zero-order valence-corrected chi connectivity index (χ0v) is 14.4. The first-order chi connectivity index (χ1) is 11.7. The molecule has 3 aliphatic carbocycles. The highest BCUT2D eigenvalue weighted by molar-refractivity contribution is 5.96. The van der Waals surface area contributed by atoms with Crippen LogP contribution in [0, 0.1) is 5.92 Å². The van der Waals surface area contributed by atoms with Gasteiger partial charge in [-0.1, -0.05) is 49.3 Å². The average molecular weight is 316 g/mol. The van der Waals surface area contributed by atoms with Crippen LogP contribution in [0.15, 0.2) is 42.0 Å². The van der Waals surface area contributed by atoms with E-state index in [1.54, 1.807) is 0 Å². The summed E-state index contributed by atoms with van der Waals surface area (Å²) in [5.74, 6) is 1.03. The minimum absolute atomic E-state index is 0.188. The van der Waals surface area contributed by atoms with E-state index < -0.39 is 0 Å². The molecule has 1 saturated carbocycles. The summed E-state index contributed by atoms with van der Waals surface area (Å²) in [5.41, 5.74) is 5.55. The Hall–Kier alpha value is -1.89. The van der Waals surface area contributed by atoms with Gasteiger partial charge in [0.15, 0.2) is 0 Å². The van der Waals surface area contributed by atoms with Crippen LogP contribution in [0.3, 0.4) is 0 Å². The smallest absolute Gasteiger partial charge is 0.144 e. The number of allylic oxidation sites excluding steroid dienone is 2. The van der Waals surface area contributed by atoms with Crippen molar-refractivity contribution in [1.29, 1.82) is 0 Å². The van der Waals surface area contributed by atoms with Gasteiger partial charge in [-0.15, -0.1) is 0 Å². The Morgan fingerprint density at radius 1 is 1.12 bits per heavy atom. The van der Waals surface area contributed by atoms with Gasteiger partial charge in [0.1, 0.15) is 5.78 Å². The highest BCUT2D eigenvalue weighted by atomic mass is 16.1. The quantitative estimate of drug-likeness (QED) is 0.688. The van der Waals surface area contributed by atoms with Crippen molar-refractivity contribution in [2.75, 3.05) is 0 Å². The van der Waals surface area contributed by atoms with Crippen LogP contribution in [-0.2, 0) is 23.1 Å². The Bertz CT molecular complexity index is 888. The summed E-state index contributed by atoms with van der Waals surface area (Å²) in [6.45, 7) is 2.23. The van der Waals surface area contributed by atoms with E-state index >= 15 is 0 Å². The molecule has 1 nitrogen and oxygen atoms in total. The number of rotatable bonds is 2. The van der Waals surface area contributed by atoms with Gasteiger partial charge in [0, 0.05) is 6.42 Å². The first-order valence-corrected chi connectivity index (χ1v) is 9.48. The molecule has 3 aliphatic rings. The number of carbonyl (C=O) groups is 1. The zero-order chi connectivity index (χ0) is 16.3. The van der Waals surface area contributed by atoms with E-state index in [1.807, 2.05) is 0 Å². The second kappa shape index (κ2) is 5.05. The molecular weight excluding hydrogens is 292 g/mol. The topological polar surface area (TPSA) is 17.1 Å². The predicted octanol–water partition coefficient (Wildman–Crippen LogP) is 5.29. The third-order valence-electron chi connectivity index (χ3n) is 6.67. The molecule has 2 atom stereocenters. The second-order valence-corrected chi connectivity index (χ2v) is 8.01. The molecule has 0 saturated heterocycles. The van der Waals surface area contributed by atoms with Gasteiger partial charge in [-0.3, -0.25) is 4.79 Å². The number of hydrogen-bond donors (Lipinski definition) is 0. The molecule has 2 aromatic rings. The highest BCUT2D eigenvalue weighted by Crippen LogP contribution is 2.57. The van der Waals surface area contributed by atoms with Crippen molar-refractivity contribution in [2.45, 2.75) is 57.3 Å². The van der Waals surface area contributed by atoms with Crippen molar-refractivity contribution in [3.05, 3.63) is 58.7 Å². The minimum Gasteiger partial charge on any atom is -0.299 e. The lowest BCUT2D eigenvalue weighted by Crippen LogP contribution is -2.43. The molecule has 1 fully saturated rings. The first-order valence-electron chi connectivity index (χ1n) is 9.48. The minimum atomic E-state index is -0.188. The number of aryl methyl sites for hydroxylation is 2. The Balaban J connectivity index is 1.72. The van der Waals surface area contributed by atoms with Crippen molar-refractivity contribution in [3.63, 3.8) is 0 Å². The predicted molar refractivity (Wildman–Crippen MR) is 98.4 cm³/mol. The monoisotopic (exact) mass is 316 g/mol. The fraction of sp³-hybridized carbons (Fsp3) is 0.435. The van der Waals surface area contributed by atoms with Gasteiger partial charge in [0.2, 0.25) is 0 Å². The molecule has 0 heterocycles. The number of Topliss-reactive ketones (excluding diaryl/α,β-unsaturated/α-hetero) is 1. The van der Waals surface area contributed by atoms with E-state index in [4.69, 9.17) is 0 Å². The van der Waals surface area contributed by atoms with Crippen LogP contribution in [0.25, 0.3) is 10.8 Å². The number of carbonyl (C=O) groups excluding carboxylic acids is 1. The normalized spacial score (nSPS) is 27.8. The van der Waals surface area contributed by atoms with Crippen LogP contribution in [0.2, 0.25) is 0 Å². The largest absolute Gasteiger partial charge is 0.299 e. The molecule has 1 spiro atoms. The van der Waals surface area contributed by atoms with Gasteiger partial charge in [-0.2, -0.15) is 0 Å². The Morgan fingerprint density at radius 3 is 2.79 bits per heavy atom. The number of ketones is 1. The fourth-order valence-electron chi connectivity index (χ4n) is 5.54. The molecule has 1 heteroatoms. The van der Waals surface area contributed by atoms with Gasteiger partial charge >= 0.3 is 0 Å². The van der Waals surface area contributed by atoms with E-state index in [9.17, 15) is 4.79 Å². The summed E-state index contributed by atoms with van der Waals surface area (Å²) in [6, 6.07) is 11.6. The second-order valence-electron chi connectivity index (χ2n) is 8.01. The van der Waals surface area contributed by atoms with Crippen LogP contribution in [0.1, 0.15) is 55.7 Å². The Labute approximate surface area is 143 Å². The molecule has 0 N–H and O–H groups in total. The summed E-state index contributed by atoms with van der Waals surface area (Å²) >= 11 is 0. The zero-order valence-electron chi connectivity index (χ0n) is 14.4. The summed E-state index contributed by atoms with van der Waals surface area (Å²) in [5, 5.41) is 2.66. The van der Waals surface area contributed by atoms with Gasteiger partial charge in [-0.25, -0.2) is 0 Å². The number of hydrogen-bond acceptors (Lipinski definition) is 1. The maximum atomic E-state index is 13.0. The summed E-state index contributed by atoms with van der Waals surface area (Å²) in [6.07, 6.45) is 9.60. The van der Waals surface area contributed by atoms with Crippen LogP contribution in [0.5, 0.6) is 0 Å². The molecule has 5 rings (SSSR count). The molecule has 0 aliphatic heterocycles. The molecular formula is C23H24O. The van der Waals surface area contributed by atoms with Gasteiger partial charge in [0.25, 0.3) is 0 Å². The molecule has 2 aromatic carbocycles. The highest BCUT2D eigenvalue weighted by Gasteiger charge is 2.54. The van der Waals surface area contributed by atoms with Crippen LogP contribution in [-0.4, -0.2) is 5.78 Å². The van der Waals surface area contributed by atoms with Gasteiger partial charge in [0.05, 0.1) is 5.41 Å². The fourth-order valence-corrected chi connectivity index (χ4v) is 5.54. The lowest BCUT2D eigenvalue weighted by molar-refractivity contribution is -0.126. The third-order valence-corrected chi connectivity index (χ3v) is 6.67. The molecule has 24 heavy (non-hydrogen) atoms. The molecule has 0 aromatic heterocycles. The SMILES string of the molecule is CCCc1ccc2cc3c(cc2c1)C1(CC2=CCC1C2)C(=O)CC3. The van der Waals surface area contributed by atoms with Crippen molar-refractivity contribution < 1.29 is 4.79 Å². The standard InChI is InChI=1S/C23H24O/c1-2-3-15-4-6-17-12-18-7-9-22(24)23(21(18)13-19(17)10-15)14-16-5-8-20(23)11-16/h4-6,10,12-13,20H,2-3,7-9,11,14H2,1H3. The lowest BCUT2D eigenvalue weighted by Gasteiger charge is -2.40. The van der Waals surface area contributed by atoms with Crippen LogP contribution in [0.4, 0.5) is 0 Å². The number of fused-ring (bicyclic) bond motifs is 6. The average Bonchev–Trinajstić information content (AvgIpc) is 3.20. The summed E-state index contributed by atoms with van der Waals surface area (Å²) < 4.78 is 0. The number of benzene rings is 2. The first kappa shape index (κ1) is 14.5. The van der Waals surface area contributed by atoms with Gasteiger partial charge < -0.3 is 0 Å².